The van der Waals surface area contributed by atoms with Gasteiger partial charge in [-0.05, 0) is 0 Å². The van der Waals surface area contributed by atoms with Crippen LogP contribution < -0.4 is 5.32 Å². The van der Waals surface area contributed by atoms with Gasteiger partial charge in [0.15, 0.2) is 0 Å². The number of hydrogen-bond donors (Lipinski definition) is 1. The van der Waals surface area contributed by atoms with Crippen molar-refractivity contribution in [3.8, 4) is 0 Å². The standard InChI is InChI=1S/C6H8N3O/c1-7-4-6-8-2-3-9(6)5-10/h2-3,5,7H,1,4H2. The summed E-state index contributed by atoms with van der Waals surface area (Å²) in [6.45, 7) is 0.506. The normalized spacial score (nSPS) is 9.70. The Bertz CT molecular complexity index is 219. The molecule has 0 amide bonds. The van der Waals surface area contributed by atoms with Crippen LogP contribution in [-0.4, -0.2) is 16.0 Å². The molecule has 0 atom stereocenters. The maximum Gasteiger partial charge on any atom is 0.219 e. The molecule has 4 heteroatoms. The van der Waals surface area contributed by atoms with Gasteiger partial charge in [-0.2, -0.15) is 0 Å². The van der Waals surface area contributed by atoms with Gasteiger partial charge in [0, 0.05) is 19.4 Å². The van der Waals surface area contributed by atoms with E-state index in [0.29, 0.717) is 18.8 Å². The molecule has 0 aromatic carbocycles. The zero-order chi connectivity index (χ0) is 7.40. The van der Waals surface area contributed by atoms with Gasteiger partial charge in [-0.3, -0.25) is 9.36 Å². The van der Waals surface area contributed by atoms with E-state index < -0.39 is 0 Å². The largest absolute Gasteiger partial charge is 0.309 e. The second-order valence-electron chi connectivity index (χ2n) is 1.78. The number of aromatic nitrogens is 2. The molecule has 4 nitrogen and oxygen atoms in total. The third kappa shape index (κ3) is 1.22. The molecule has 0 fully saturated rings. The summed E-state index contributed by atoms with van der Waals surface area (Å²) in [6, 6.07) is 0. The summed E-state index contributed by atoms with van der Waals surface area (Å²) in [7, 11) is 3.42. The van der Waals surface area contributed by atoms with E-state index in [-0.39, 0.29) is 0 Å². The van der Waals surface area contributed by atoms with E-state index in [9.17, 15) is 4.79 Å². The lowest BCUT2D eigenvalue weighted by molar-refractivity contribution is 0.544. The van der Waals surface area contributed by atoms with Gasteiger partial charge in [0.2, 0.25) is 6.41 Å². The van der Waals surface area contributed by atoms with Crippen LogP contribution in [-0.2, 0) is 11.3 Å². The monoisotopic (exact) mass is 138 g/mol. The first-order valence-electron chi connectivity index (χ1n) is 2.85. The van der Waals surface area contributed by atoms with Gasteiger partial charge in [0.25, 0.3) is 0 Å². The first-order valence-corrected chi connectivity index (χ1v) is 2.85. The number of nitrogens with one attached hydrogen (secondary N) is 1. The fourth-order valence-corrected chi connectivity index (χ4v) is 0.689. The fourth-order valence-electron chi connectivity index (χ4n) is 0.689. The molecule has 1 aromatic heterocycles. The van der Waals surface area contributed by atoms with E-state index in [0.717, 1.165) is 0 Å². The SMILES string of the molecule is [CH2]NCc1nccn1C=O. The van der Waals surface area contributed by atoms with Gasteiger partial charge < -0.3 is 5.32 Å². The quantitative estimate of drug-likeness (QED) is 0.588. The Morgan fingerprint density at radius 1 is 1.90 bits per heavy atom. The first kappa shape index (κ1) is 6.95. The average molecular weight is 138 g/mol. The topological polar surface area (TPSA) is 46.9 Å². The van der Waals surface area contributed by atoms with Gasteiger partial charge in [-0.15, -0.1) is 0 Å². The molecule has 0 spiro atoms. The Balaban J connectivity index is 2.79. The van der Waals surface area contributed by atoms with Gasteiger partial charge >= 0.3 is 0 Å². The van der Waals surface area contributed by atoms with Crippen molar-refractivity contribution in [1.82, 2.24) is 14.9 Å². The predicted molar refractivity (Wildman–Crippen MR) is 36.6 cm³/mol. The van der Waals surface area contributed by atoms with E-state index in [4.69, 9.17) is 0 Å². The number of nitrogens with zero attached hydrogens (tertiary/aromatic N) is 2. The lowest BCUT2D eigenvalue weighted by atomic mass is 10.6. The maximum atomic E-state index is 10.2. The van der Waals surface area contributed by atoms with E-state index in [1.54, 1.807) is 12.4 Å². The van der Waals surface area contributed by atoms with E-state index in [1.807, 2.05) is 0 Å². The summed E-state index contributed by atoms with van der Waals surface area (Å²) in [5, 5.41) is 2.65. The van der Waals surface area contributed by atoms with Crippen LogP contribution in [0.5, 0.6) is 0 Å². The summed E-state index contributed by atoms with van der Waals surface area (Å²) in [4.78, 5) is 14.1. The summed E-state index contributed by atoms with van der Waals surface area (Å²) in [5.74, 6) is 0.671. The van der Waals surface area contributed by atoms with Crippen molar-refractivity contribution in [1.29, 1.82) is 0 Å². The molecule has 1 N–H and O–H groups in total. The lowest BCUT2D eigenvalue weighted by Crippen LogP contribution is -2.09. The summed E-state index contributed by atoms with van der Waals surface area (Å²) < 4.78 is 1.40. The molecule has 0 unspecified atom stereocenters. The molecular weight excluding hydrogens is 130 g/mol. The molecule has 0 saturated heterocycles. The fraction of sp³-hybridized carbons (Fsp3) is 0.167. The lowest BCUT2D eigenvalue weighted by Gasteiger charge is -1.96. The summed E-state index contributed by atoms with van der Waals surface area (Å²) in [5.41, 5.74) is 0. The molecule has 1 radical (unpaired) electrons. The van der Waals surface area contributed by atoms with Crippen LogP contribution in [0, 0.1) is 7.05 Å². The molecule has 0 aliphatic carbocycles. The van der Waals surface area contributed by atoms with Crippen molar-refractivity contribution in [2.45, 2.75) is 6.54 Å². The van der Waals surface area contributed by atoms with Crippen LogP contribution in [0.2, 0.25) is 0 Å². The summed E-state index contributed by atoms with van der Waals surface area (Å²) >= 11 is 0. The van der Waals surface area contributed by atoms with E-state index in [2.05, 4.69) is 17.3 Å². The van der Waals surface area contributed by atoms with Crippen LogP contribution >= 0.6 is 0 Å². The Hall–Kier alpha value is -1.16. The highest BCUT2D eigenvalue weighted by molar-refractivity contribution is 5.52. The molecule has 1 heterocycles. The minimum absolute atomic E-state index is 0.506. The maximum absolute atomic E-state index is 10.2. The molecule has 10 heavy (non-hydrogen) atoms. The predicted octanol–water partition coefficient (Wildman–Crippen LogP) is -0.197. The number of carbonyl (C=O) groups is 1. The van der Waals surface area contributed by atoms with Crippen LogP contribution in [0.1, 0.15) is 5.82 Å². The molecule has 1 aromatic rings. The Morgan fingerprint density at radius 2 is 2.70 bits per heavy atom. The van der Waals surface area contributed by atoms with Gasteiger partial charge in [0.1, 0.15) is 5.82 Å². The van der Waals surface area contributed by atoms with Crippen LogP contribution in [0.25, 0.3) is 0 Å². The summed E-state index contributed by atoms with van der Waals surface area (Å²) in [6.07, 6.45) is 3.88. The first-order chi connectivity index (χ1) is 4.88. The van der Waals surface area contributed by atoms with Gasteiger partial charge in [-0.1, -0.05) is 0 Å². The van der Waals surface area contributed by atoms with E-state index in [1.165, 1.54) is 4.57 Å². The molecule has 0 aliphatic rings. The second kappa shape index (κ2) is 3.12. The average Bonchev–Trinajstić information content (AvgIpc) is 2.36. The molecule has 53 valence electrons. The van der Waals surface area contributed by atoms with Crippen molar-refractivity contribution in [3.63, 3.8) is 0 Å². The van der Waals surface area contributed by atoms with Crippen molar-refractivity contribution < 1.29 is 4.79 Å². The minimum Gasteiger partial charge on any atom is -0.309 e. The van der Waals surface area contributed by atoms with Crippen molar-refractivity contribution >= 4 is 6.41 Å². The van der Waals surface area contributed by atoms with Gasteiger partial charge in [-0.25, -0.2) is 4.98 Å². The molecule has 0 bridgehead atoms. The zero-order valence-electron chi connectivity index (χ0n) is 5.45. The highest BCUT2D eigenvalue weighted by Crippen LogP contribution is 1.91. The highest BCUT2D eigenvalue weighted by atomic mass is 16.1. The molecule has 1 rings (SSSR count). The zero-order valence-corrected chi connectivity index (χ0v) is 5.45. The van der Waals surface area contributed by atoms with Crippen LogP contribution in [0.3, 0.4) is 0 Å². The molecule has 0 aliphatic heterocycles. The third-order valence-corrected chi connectivity index (χ3v) is 1.15. The number of rotatable bonds is 3. The smallest absolute Gasteiger partial charge is 0.219 e. The molecular formula is C6H8N3O. The third-order valence-electron chi connectivity index (χ3n) is 1.15. The number of hydrogen-bond acceptors (Lipinski definition) is 3. The highest BCUT2D eigenvalue weighted by Gasteiger charge is 1.97. The Morgan fingerprint density at radius 3 is 3.30 bits per heavy atom. The number of imidazole rings is 1. The van der Waals surface area contributed by atoms with E-state index >= 15 is 0 Å². The van der Waals surface area contributed by atoms with Crippen molar-refractivity contribution in [3.05, 3.63) is 25.3 Å². The van der Waals surface area contributed by atoms with Crippen molar-refractivity contribution in [2.24, 2.45) is 0 Å². The van der Waals surface area contributed by atoms with Crippen LogP contribution in [0.4, 0.5) is 0 Å². The van der Waals surface area contributed by atoms with Crippen molar-refractivity contribution in [2.75, 3.05) is 0 Å². The molecule has 0 saturated carbocycles. The second-order valence-corrected chi connectivity index (χ2v) is 1.78. The van der Waals surface area contributed by atoms with Crippen LogP contribution in [0.15, 0.2) is 12.4 Å². The Kier molecular flexibility index (Phi) is 2.17. The number of carbonyl (C=O) groups excluding carboxylic acids is 1. The van der Waals surface area contributed by atoms with Gasteiger partial charge in [0.05, 0.1) is 6.54 Å². The minimum atomic E-state index is 0.506. The Labute approximate surface area is 58.9 Å².